The molecule has 4 rings (SSSR count). The van der Waals surface area contributed by atoms with Crippen molar-refractivity contribution in [1.29, 1.82) is 0 Å². The Kier molecular flexibility index (Phi) is 3.12. The lowest BCUT2D eigenvalue weighted by Gasteiger charge is -2.22. The van der Waals surface area contributed by atoms with Crippen molar-refractivity contribution < 1.29 is 13.9 Å². The summed E-state index contributed by atoms with van der Waals surface area (Å²) >= 11 is 0. The van der Waals surface area contributed by atoms with Gasteiger partial charge in [-0.3, -0.25) is 4.79 Å². The van der Waals surface area contributed by atoms with Gasteiger partial charge in [-0.1, -0.05) is 0 Å². The summed E-state index contributed by atoms with van der Waals surface area (Å²) in [5, 5.41) is 6.01. The van der Waals surface area contributed by atoms with E-state index in [2.05, 4.69) is 15.6 Å². The van der Waals surface area contributed by atoms with Crippen LogP contribution < -0.4 is 10.6 Å². The maximum absolute atomic E-state index is 12.1. The van der Waals surface area contributed by atoms with Crippen molar-refractivity contribution in [1.82, 2.24) is 10.3 Å². The maximum atomic E-state index is 12.1. The largest absolute Gasteiger partial charge is 0.440 e. The highest BCUT2D eigenvalue weighted by atomic mass is 16.5. The van der Waals surface area contributed by atoms with Gasteiger partial charge >= 0.3 is 0 Å². The molecule has 1 aromatic carbocycles. The van der Waals surface area contributed by atoms with E-state index in [0.717, 1.165) is 42.1 Å². The van der Waals surface area contributed by atoms with E-state index in [9.17, 15) is 4.79 Å². The normalized spacial score (nSPS) is 22.4. The minimum atomic E-state index is -0.436. The van der Waals surface area contributed by atoms with Crippen molar-refractivity contribution in [2.45, 2.75) is 24.9 Å². The number of hydrogen-bond acceptors (Lipinski definition) is 5. The second kappa shape index (κ2) is 5.13. The Morgan fingerprint density at radius 3 is 3.05 bits per heavy atom. The van der Waals surface area contributed by atoms with Crippen LogP contribution in [0.2, 0.25) is 0 Å². The number of fused-ring (bicyclic) bond motifs is 1. The van der Waals surface area contributed by atoms with E-state index in [4.69, 9.17) is 9.15 Å². The molecule has 1 aromatic heterocycles. The summed E-state index contributed by atoms with van der Waals surface area (Å²) < 4.78 is 11.1. The molecule has 2 heterocycles. The zero-order valence-electron chi connectivity index (χ0n) is 11.6. The fraction of sp³-hybridized carbons (Fsp3) is 0.467. The first kappa shape index (κ1) is 12.8. The highest BCUT2D eigenvalue weighted by Gasteiger charge is 2.29. The smallest absolute Gasteiger partial charge is 0.254 e. The van der Waals surface area contributed by atoms with Crippen molar-refractivity contribution in [3.05, 3.63) is 24.1 Å². The van der Waals surface area contributed by atoms with Crippen LogP contribution in [-0.4, -0.2) is 36.7 Å². The molecule has 1 amide bonds. The van der Waals surface area contributed by atoms with Gasteiger partial charge < -0.3 is 19.8 Å². The quantitative estimate of drug-likeness (QED) is 0.897. The molecule has 1 saturated heterocycles. The van der Waals surface area contributed by atoms with E-state index in [1.54, 1.807) is 0 Å². The fourth-order valence-corrected chi connectivity index (χ4v) is 2.48. The summed E-state index contributed by atoms with van der Waals surface area (Å²) in [7, 11) is 0. The van der Waals surface area contributed by atoms with E-state index < -0.39 is 6.10 Å². The van der Waals surface area contributed by atoms with E-state index in [0.29, 0.717) is 19.1 Å². The van der Waals surface area contributed by atoms with Crippen LogP contribution in [0.5, 0.6) is 0 Å². The molecule has 6 nitrogen and oxygen atoms in total. The first-order valence-electron chi connectivity index (χ1n) is 7.33. The molecule has 2 N–H and O–H groups in total. The monoisotopic (exact) mass is 287 g/mol. The molecule has 0 bridgehead atoms. The predicted octanol–water partition coefficient (Wildman–Crippen LogP) is 1.63. The summed E-state index contributed by atoms with van der Waals surface area (Å²) in [5.74, 6) is 1.16. The molecule has 1 saturated carbocycles. The molecule has 2 aromatic rings. The summed E-state index contributed by atoms with van der Waals surface area (Å²) in [6.07, 6.45) is 1.87. The molecular weight excluding hydrogens is 270 g/mol. The molecule has 1 aliphatic carbocycles. The molecule has 0 radical (unpaired) electrons. The number of aromatic nitrogens is 1. The van der Waals surface area contributed by atoms with Crippen LogP contribution in [0.1, 0.15) is 24.7 Å². The first-order valence-corrected chi connectivity index (χ1v) is 7.33. The van der Waals surface area contributed by atoms with Crippen molar-refractivity contribution in [3.63, 3.8) is 0 Å². The third-order valence-electron chi connectivity index (χ3n) is 3.82. The topological polar surface area (TPSA) is 76.4 Å². The van der Waals surface area contributed by atoms with E-state index >= 15 is 0 Å². The Bertz CT molecular complexity index is 672. The lowest BCUT2D eigenvalue weighted by molar-refractivity contribution is -0.128. The minimum absolute atomic E-state index is 0.132. The Morgan fingerprint density at radius 2 is 2.29 bits per heavy atom. The Hall–Kier alpha value is -1.92. The molecule has 0 spiro atoms. The number of morpholine rings is 1. The lowest BCUT2D eigenvalue weighted by atomic mass is 10.2. The van der Waals surface area contributed by atoms with Crippen LogP contribution in [0, 0.1) is 0 Å². The SMILES string of the molecule is O=C(Nc1ccc2oc(C3CC3)nc2c1)C1CNCCO1. The summed E-state index contributed by atoms with van der Waals surface area (Å²) in [4.78, 5) is 16.6. The van der Waals surface area contributed by atoms with Gasteiger partial charge in [-0.2, -0.15) is 0 Å². The molecule has 1 unspecified atom stereocenters. The lowest BCUT2D eigenvalue weighted by Crippen LogP contribution is -2.45. The molecule has 1 aliphatic heterocycles. The highest BCUT2D eigenvalue weighted by Crippen LogP contribution is 2.40. The van der Waals surface area contributed by atoms with Crippen molar-refractivity contribution in [2.75, 3.05) is 25.0 Å². The van der Waals surface area contributed by atoms with Gasteiger partial charge in [0.15, 0.2) is 11.5 Å². The Morgan fingerprint density at radius 1 is 1.38 bits per heavy atom. The average Bonchev–Trinajstić information content (AvgIpc) is 3.28. The number of nitrogens with one attached hydrogen (secondary N) is 2. The zero-order valence-corrected chi connectivity index (χ0v) is 11.6. The van der Waals surface area contributed by atoms with Gasteiger partial charge in [0.05, 0.1) is 6.61 Å². The number of anilines is 1. The Balaban J connectivity index is 1.51. The van der Waals surface area contributed by atoms with Crippen LogP contribution in [-0.2, 0) is 9.53 Å². The van der Waals surface area contributed by atoms with Crippen molar-refractivity contribution >= 4 is 22.7 Å². The van der Waals surface area contributed by atoms with Gasteiger partial charge in [0.2, 0.25) is 0 Å². The number of ether oxygens (including phenoxy) is 1. The summed E-state index contributed by atoms with van der Waals surface area (Å²) in [5.41, 5.74) is 2.28. The van der Waals surface area contributed by atoms with Crippen LogP contribution in [0.4, 0.5) is 5.69 Å². The first-order chi connectivity index (χ1) is 10.3. The van der Waals surface area contributed by atoms with Gasteiger partial charge in [0.25, 0.3) is 5.91 Å². The van der Waals surface area contributed by atoms with Gasteiger partial charge in [-0.05, 0) is 31.0 Å². The predicted molar refractivity (Wildman–Crippen MR) is 77.2 cm³/mol. The van der Waals surface area contributed by atoms with E-state index in [1.165, 1.54) is 0 Å². The van der Waals surface area contributed by atoms with E-state index in [1.807, 2.05) is 18.2 Å². The summed E-state index contributed by atoms with van der Waals surface area (Å²) in [6, 6.07) is 5.53. The number of carbonyl (C=O) groups excluding carboxylic acids is 1. The second-order valence-electron chi connectivity index (χ2n) is 5.56. The number of nitrogens with zero attached hydrogens (tertiary/aromatic N) is 1. The number of carbonyl (C=O) groups is 1. The molecule has 110 valence electrons. The number of benzene rings is 1. The van der Waals surface area contributed by atoms with Crippen LogP contribution in [0.25, 0.3) is 11.1 Å². The van der Waals surface area contributed by atoms with Gasteiger partial charge in [-0.25, -0.2) is 4.98 Å². The van der Waals surface area contributed by atoms with E-state index in [-0.39, 0.29) is 5.91 Å². The molecule has 1 atom stereocenters. The second-order valence-corrected chi connectivity index (χ2v) is 5.56. The molecular formula is C15H17N3O3. The molecule has 2 aliphatic rings. The standard InChI is InChI=1S/C15H17N3O3/c19-14(13-8-16-5-6-20-13)17-10-3-4-12-11(7-10)18-15(21-12)9-1-2-9/h3-4,7,9,13,16H,1-2,5-6,8H2,(H,17,19). The fourth-order valence-electron chi connectivity index (χ4n) is 2.48. The minimum Gasteiger partial charge on any atom is -0.440 e. The van der Waals surface area contributed by atoms with Crippen LogP contribution in [0.3, 0.4) is 0 Å². The Labute approximate surface area is 121 Å². The zero-order chi connectivity index (χ0) is 14.2. The highest BCUT2D eigenvalue weighted by molar-refractivity contribution is 5.95. The van der Waals surface area contributed by atoms with Gasteiger partial charge in [0.1, 0.15) is 11.6 Å². The third kappa shape index (κ3) is 2.64. The summed E-state index contributed by atoms with van der Waals surface area (Å²) in [6.45, 7) is 1.90. The maximum Gasteiger partial charge on any atom is 0.254 e. The van der Waals surface area contributed by atoms with Crippen LogP contribution in [0.15, 0.2) is 22.6 Å². The van der Waals surface area contributed by atoms with Crippen molar-refractivity contribution in [2.24, 2.45) is 0 Å². The van der Waals surface area contributed by atoms with Crippen molar-refractivity contribution in [3.8, 4) is 0 Å². The number of amides is 1. The molecule has 21 heavy (non-hydrogen) atoms. The number of hydrogen-bond donors (Lipinski definition) is 2. The van der Waals surface area contributed by atoms with Gasteiger partial charge in [0, 0.05) is 24.7 Å². The number of oxazole rings is 1. The average molecular weight is 287 g/mol. The third-order valence-corrected chi connectivity index (χ3v) is 3.82. The molecule has 6 heteroatoms. The molecule has 2 fully saturated rings. The van der Waals surface area contributed by atoms with Crippen LogP contribution >= 0.6 is 0 Å². The van der Waals surface area contributed by atoms with Gasteiger partial charge in [-0.15, -0.1) is 0 Å². The number of rotatable bonds is 3.